The lowest BCUT2D eigenvalue weighted by atomic mass is 10.1. The van der Waals surface area contributed by atoms with Crippen molar-refractivity contribution >= 4 is 30.0 Å². The third kappa shape index (κ3) is 5.36. The first-order valence-electron chi connectivity index (χ1n) is 5.53. The summed E-state index contributed by atoms with van der Waals surface area (Å²) in [7, 11) is -1.84. The topological polar surface area (TPSA) is 35.3 Å². The lowest BCUT2D eigenvalue weighted by Gasteiger charge is -2.20. The van der Waals surface area contributed by atoms with Crippen molar-refractivity contribution in [1.29, 1.82) is 0 Å². The zero-order valence-electron chi connectivity index (χ0n) is 10.4. The van der Waals surface area contributed by atoms with Crippen LogP contribution in [0.2, 0.25) is 19.6 Å². The van der Waals surface area contributed by atoms with Crippen LogP contribution in [0.25, 0.3) is 0 Å². The number of nitrogens with zero attached hydrogens (tertiary/aromatic N) is 1. The van der Waals surface area contributed by atoms with Crippen molar-refractivity contribution in [3.8, 4) is 0 Å². The molecule has 0 unspecified atom stereocenters. The van der Waals surface area contributed by atoms with Gasteiger partial charge in [0.1, 0.15) is 0 Å². The quantitative estimate of drug-likeness (QED) is 0.275. The minimum atomic E-state index is -1.84. The number of rotatable bonds is 5. The summed E-state index contributed by atoms with van der Waals surface area (Å²) in [5.74, 6) is 0. The number of halogens is 1. The van der Waals surface area contributed by atoms with Crippen LogP contribution in [0.3, 0.4) is 0 Å². The minimum Gasteiger partial charge on any atom is -0.443 e. The van der Waals surface area contributed by atoms with Crippen molar-refractivity contribution in [3.05, 3.63) is 41.1 Å². The van der Waals surface area contributed by atoms with Gasteiger partial charge in [-0.05, 0) is 5.56 Å². The summed E-state index contributed by atoms with van der Waals surface area (Å²) in [6, 6.07) is 9.91. The first-order chi connectivity index (χ1) is 7.92. The van der Waals surface area contributed by atoms with E-state index in [9.17, 15) is 5.21 Å². The van der Waals surface area contributed by atoms with E-state index in [0.29, 0.717) is 22.4 Å². The van der Waals surface area contributed by atoms with E-state index in [4.69, 9.17) is 4.53 Å². The van der Waals surface area contributed by atoms with E-state index in [1.165, 1.54) is 0 Å². The molecule has 17 heavy (non-hydrogen) atoms. The lowest BCUT2D eigenvalue weighted by molar-refractivity contribution is -0.704. The maximum Gasteiger partial charge on any atom is 0.236 e. The van der Waals surface area contributed by atoms with Crippen molar-refractivity contribution in [2.75, 3.05) is 5.33 Å². The van der Waals surface area contributed by atoms with E-state index in [-0.39, 0.29) is 0 Å². The highest BCUT2D eigenvalue weighted by atomic mass is 79.9. The molecule has 0 aromatic heterocycles. The molecule has 0 heterocycles. The Kier molecular flexibility index (Phi) is 5.20. The van der Waals surface area contributed by atoms with Crippen LogP contribution in [-0.2, 0) is 10.9 Å². The van der Waals surface area contributed by atoms with E-state index >= 15 is 0 Å². The molecule has 0 saturated heterocycles. The zero-order valence-corrected chi connectivity index (χ0v) is 13.0. The van der Waals surface area contributed by atoms with Gasteiger partial charge in [-0.25, -0.2) is 0 Å². The summed E-state index contributed by atoms with van der Waals surface area (Å²) in [6.07, 6.45) is 0.611. The molecular weight excluding hydrogens is 298 g/mol. The van der Waals surface area contributed by atoms with Crippen molar-refractivity contribution in [2.45, 2.75) is 26.1 Å². The Hall–Kier alpha value is -0.813. The molecule has 0 bridgehead atoms. The maximum absolute atomic E-state index is 11.9. The lowest BCUT2D eigenvalue weighted by Crippen LogP contribution is -2.33. The fourth-order valence-corrected chi connectivity index (χ4v) is 2.33. The molecule has 0 N–H and O–H groups in total. The van der Waals surface area contributed by atoms with Gasteiger partial charge in [0.2, 0.25) is 5.71 Å². The Bertz CT molecular complexity index is 387. The van der Waals surface area contributed by atoms with Crippen LogP contribution >= 0.6 is 15.9 Å². The predicted molar refractivity (Wildman–Crippen MR) is 77.0 cm³/mol. The van der Waals surface area contributed by atoms with Gasteiger partial charge in [0.25, 0.3) is 0 Å². The normalized spacial score (nSPS) is 13.2. The average molecular weight is 316 g/mol. The maximum atomic E-state index is 11.9. The molecule has 0 amide bonds. The van der Waals surface area contributed by atoms with Gasteiger partial charge in [0.15, 0.2) is 8.32 Å². The second-order valence-corrected chi connectivity index (χ2v) is 9.79. The molecule has 3 nitrogen and oxygen atoms in total. The van der Waals surface area contributed by atoms with Crippen LogP contribution in [0.4, 0.5) is 0 Å². The molecule has 0 atom stereocenters. The zero-order chi connectivity index (χ0) is 12.9. The molecule has 0 saturated carbocycles. The molecular formula is C12H18BrNO2Si. The van der Waals surface area contributed by atoms with Gasteiger partial charge in [0, 0.05) is 4.90 Å². The summed E-state index contributed by atoms with van der Waals surface area (Å²) < 4.78 is 5.41. The Morgan fingerprint density at radius 1 is 1.29 bits per heavy atom. The fraction of sp³-hybridized carbons (Fsp3) is 0.417. The molecule has 1 aromatic rings. The smallest absolute Gasteiger partial charge is 0.236 e. The van der Waals surface area contributed by atoms with Crippen LogP contribution in [0, 0.1) is 5.21 Å². The van der Waals surface area contributed by atoms with Gasteiger partial charge in [-0.2, -0.15) is 0 Å². The van der Waals surface area contributed by atoms with Gasteiger partial charge in [-0.1, -0.05) is 65.9 Å². The van der Waals surface area contributed by atoms with Gasteiger partial charge in [0.05, 0.1) is 11.8 Å². The molecule has 0 spiro atoms. The van der Waals surface area contributed by atoms with Crippen LogP contribution < -0.4 is 0 Å². The predicted octanol–water partition coefficient (Wildman–Crippen LogP) is 3.34. The summed E-state index contributed by atoms with van der Waals surface area (Å²) >= 11 is 3.34. The standard InChI is InChI=1S/C12H18BrNO2Si/c1-17(2,3)16-14(15)12(10-13)9-11-7-5-4-6-8-11/h4-8H,9-10H2,1-3H3/b14-12-. The molecule has 0 aliphatic carbocycles. The van der Waals surface area contributed by atoms with Crippen LogP contribution in [0.15, 0.2) is 30.3 Å². The van der Waals surface area contributed by atoms with Gasteiger partial charge < -0.3 is 4.53 Å². The SMILES string of the molecule is C[Si](C)(C)O/[N+]([O-])=C(\CBr)Cc1ccccc1. The Morgan fingerprint density at radius 2 is 1.88 bits per heavy atom. The van der Waals surface area contributed by atoms with Gasteiger partial charge >= 0.3 is 0 Å². The van der Waals surface area contributed by atoms with Crippen LogP contribution in [-0.4, -0.2) is 24.3 Å². The second kappa shape index (κ2) is 6.21. The number of hydrogen-bond donors (Lipinski definition) is 0. The fourth-order valence-electron chi connectivity index (χ4n) is 1.31. The molecule has 0 aliphatic heterocycles. The third-order valence-corrected chi connectivity index (χ3v) is 3.38. The first-order valence-corrected chi connectivity index (χ1v) is 10.1. The van der Waals surface area contributed by atoms with Crippen molar-refractivity contribution in [2.24, 2.45) is 0 Å². The molecule has 94 valence electrons. The van der Waals surface area contributed by atoms with E-state index in [1.807, 2.05) is 50.0 Å². The molecule has 0 fully saturated rings. The Morgan fingerprint density at radius 3 is 2.35 bits per heavy atom. The van der Waals surface area contributed by atoms with Crippen molar-refractivity contribution in [3.63, 3.8) is 0 Å². The molecule has 1 aromatic carbocycles. The molecule has 5 heteroatoms. The Balaban J connectivity index is 2.80. The number of benzene rings is 1. The highest BCUT2D eigenvalue weighted by Gasteiger charge is 2.18. The number of alkyl halides is 1. The van der Waals surface area contributed by atoms with E-state index in [2.05, 4.69) is 15.9 Å². The minimum absolute atomic E-state index is 0.524. The third-order valence-electron chi connectivity index (χ3n) is 2.02. The Labute approximate surface area is 112 Å². The molecule has 0 radical (unpaired) electrons. The molecule has 1 rings (SSSR count). The molecule has 0 aliphatic rings. The highest BCUT2D eigenvalue weighted by Crippen LogP contribution is 2.07. The highest BCUT2D eigenvalue weighted by molar-refractivity contribution is 9.09. The van der Waals surface area contributed by atoms with E-state index < -0.39 is 8.32 Å². The van der Waals surface area contributed by atoms with Gasteiger partial charge in [-0.15, -0.1) is 0 Å². The largest absolute Gasteiger partial charge is 0.443 e. The van der Waals surface area contributed by atoms with Crippen LogP contribution in [0.1, 0.15) is 5.56 Å². The first kappa shape index (κ1) is 14.2. The summed E-state index contributed by atoms with van der Waals surface area (Å²) in [4.78, 5) is 0.688. The van der Waals surface area contributed by atoms with Gasteiger partial charge in [-0.3, -0.25) is 5.21 Å². The monoisotopic (exact) mass is 315 g/mol. The summed E-state index contributed by atoms with van der Waals surface area (Å²) in [6.45, 7) is 5.98. The van der Waals surface area contributed by atoms with Crippen LogP contribution in [0.5, 0.6) is 0 Å². The van der Waals surface area contributed by atoms with Crippen molar-refractivity contribution in [1.82, 2.24) is 0 Å². The van der Waals surface area contributed by atoms with E-state index in [1.54, 1.807) is 0 Å². The summed E-state index contributed by atoms with van der Waals surface area (Å²) in [5.41, 5.74) is 1.81. The second-order valence-electron chi connectivity index (χ2n) is 4.82. The average Bonchev–Trinajstić information content (AvgIpc) is 2.24. The van der Waals surface area contributed by atoms with Crippen molar-refractivity contribution < 1.29 is 9.43 Å². The number of hydrogen-bond acceptors (Lipinski definition) is 2. The summed E-state index contributed by atoms with van der Waals surface area (Å²) in [5, 5.41) is 12.4. The van der Waals surface area contributed by atoms with E-state index in [0.717, 1.165) is 5.56 Å².